The molecule has 0 fully saturated rings. The fourth-order valence-electron chi connectivity index (χ4n) is 10.2. The highest BCUT2D eigenvalue weighted by molar-refractivity contribution is 5.58. The van der Waals surface area contributed by atoms with Gasteiger partial charge in [0.25, 0.3) is 0 Å². The molecule has 0 unspecified atom stereocenters. The molecule has 5 aromatic carbocycles. The van der Waals surface area contributed by atoms with Gasteiger partial charge < -0.3 is 52.1 Å². The van der Waals surface area contributed by atoms with Crippen LogP contribution in [-0.4, -0.2) is 77.2 Å². The van der Waals surface area contributed by atoms with E-state index in [0.717, 1.165) is 140 Å². The topological polar surface area (TPSA) is 105 Å². The van der Waals surface area contributed by atoms with E-state index >= 15 is 0 Å². The Kier molecular flexibility index (Phi) is 21.3. The van der Waals surface area contributed by atoms with Crippen molar-refractivity contribution in [3.63, 3.8) is 0 Å². The minimum atomic E-state index is 0.490. The lowest BCUT2D eigenvalue weighted by Gasteiger charge is -2.21. The van der Waals surface area contributed by atoms with Gasteiger partial charge in [-0.05, 0) is 104 Å². The summed E-state index contributed by atoms with van der Waals surface area (Å²) in [5, 5.41) is 0. The van der Waals surface area contributed by atoms with E-state index in [4.69, 9.17) is 52.1 Å². The first-order valence-corrected chi connectivity index (χ1v) is 26.7. The van der Waals surface area contributed by atoms with Crippen LogP contribution in [0.5, 0.6) is 63.2 Å². The molecule has 1 heterocycles. The van der Waals surface area contributed by atoms with E-state index < -0.39 is 0 Å². The maximum Gasteiger partial charge on any atom is 0.172 e. The summed E-state index contributed by atoms with van der Waals surface area (Å²) >= 11 is 0. The molecule has 0 aliphatic heterocycles. The largest absolute Gasteiger partial charge is 0.496 e. The summed E-state index contributed by atoms with van der Waals surface area (Å²) in [5.74, 6) is 8.24. The van der Waals surface area contributed by atoms with Gasteiger partial charge in [0.1, 0.15) is 63.2 Å². The third-order valence-corrected chi connectivity index (χ3v) is 14.4. The van der Waals surface area contributed by atoms with Crippen LogP contribution in [0.15, 0.2) is 97.8 Å². The van der Waals surface area contributed by atoms with Crippen molar-refractivity contribution in [2.75, 3.05) is 77.2 Å². The second-order valence-electron chi connectivity index (χ2n) is 19.3. The molecule has 11 aliphatic rings. The third-order valence-electron chi connectivity index (χ3n) is 14.4. The molecule has 0 amide bonds. The van der Waals surface area contributed by atoms with Crippen molar-refractivity contribution in [3.8, 4) is 63.2 Å². The highest BCUT2D eigenvalue weighted by atomic mass is 16.5. The Hall–Kier alpha value is -7.21. The Morgan fingerprint density at radius 2 is 0.645 bits per heavy atom. The number of aryl methyl sites for hydroxylation is 3. The summed E-state index contributed by atoms with van der Waals surface area (Å²) in [6.45, 7) is 5.84. The molecule has 76 heavy (non-hydrogen) atoms. The van der Waals surface area contributed by atoms with Crippen LogP contribution in [0, 0.1) is 0 Å². The van der Waals surface area contributed by atoms with Crippen molar-refractivity contribution in [2.24, 2.45) is 0 Å². The Morgan fingerprint density at radius 3 is 1.00 bits per heavy atom. The van der Waals surface area contributed by atoms with Gasteiger partial charge in [-0.3, -0.25) is 0 Å². The van der Waals surface area contributed by atoms with Crippen LogP contribution < -0.4 is 56.7 Å². The van der Waals surface area contributed by atoms with Gasteiger partial charge in [-0.1, -0.05) is 38.2 Å². The predicted octanol–water partition coefficient (Wildman–Crippen LogP) is 12.7. The smallest absolute Gasteiger partial charge is 0.172 e. The van der Waals surface area contributed by atoms with Gasteiger partial charge in [0, 0.05) is 88.7 Å². The molecule has 10 bridgehead atoms. The fourth-order valence-corrected chi connectivity index (χ4v) is 10.2. The lowest BCUT2D eigenvalue weighted by Crippen LogP contribution is -2.33. The van der Waals surface area contributed by atoms with Crippen molar-refractivity contribution >= 4 is 0 Å². The van der Waals surface area contributed by atoms with Crippen LogP contribution in [0.3, 0.4) is 0 Å². The van der Waals surface area contributed by atoms with Gasteiger partial charge in [-0.2, -0.15) is 0 Å². The van der Waals surface area contributed by atoms with Crippen LogP contribution in [0.1, 0.15) is 113 Å². The molecule has 0 saturated carbocycles. The molecular formula is C64H80NO11+. The minimum absolute atomic E-state index is 0.490. The molecular weight excluding hydrogens is 959 g/mol. The standard InChI is InChI=1S/C64H80NO11/c1-11-12-13-14-15-16-17-18-19-28-75-54-23-26-65(27-24-54)25-20-29-76-64-43-53-33-52-42-62(73-9)51(41-63(52)74-10)32-50-40-60(71-7)49(39-61(50)72-8)31-48-38-58(69-5)47(37-59(48)70-6)30-46-36-55(66-2)44(34-56(46)67-3)21-22-45(64)35-57(53)68-4/h11,23-24,26-27,34-43H,1,12-22,25,28-33H2,2-10H3/q+1. The molecule has 17 rings (SSSR count). The molecule has 0 spiro atoms. The number of unbranched alkanes of at least 4 members (excludes halogenated alkanes) is 7. The monoisotopic (exact) mass is 1040 g/mol. The maximum atomic E-state index is 6.78. The molecule has 11 aliphatic carbocycles. The normalized spacial score (nSPS) is 12.1. The number of aromatic nitrogens is 1. The zero-order chi connectivity index (χ0) is 53.8. The van der Waals surface area contributed by atoms with Gasteiger partial charge >= 0.3 is 0 Å². The zero-order valence-corrected chi connectivity index (χ0v) is 46.5. The quantitative estimate of drug-likeness (QED) is 0.0311. The molecule has 12 nitrogen and oxygen atoms in total. The van der Waals surface area contributed by atoms with E-state index in [1.165, 1.54) is 38.5 Å². The van der Waals surface area contributed by atoms with Gasteiger partial charge in [0.2, 0.25) is 0 Å². The zero-order valence-electron chi connectivity index (χ0n) is 46.5. The second kappa shape index (κ2) is 28.6. The van der Waals surface area contributed by atoms with E-state index in [2.05, 4.69) is 53.9 Å². The van der Waals surface area contributed by atoms with Crippen LogP contribution in [0.25, 0.3) is 0 Å². The summed E-state index contributed by atoms with van der Waals surface area (Å²) in [7, 11) is 15.3. The van der Waals surface area contributed by atoms with E-state index in [-0.39, 0.29) is 0 Å². The van der Waals surface area contributed by atoms with Gasteiger partial charge in [0.05, 0.1) is 77.2 Å². The molecule has 6 aromatic rings. The van der Waals surface area contributed by atoms with Gasteiger partial charge in [-0.25, -0.2) is 4.57 Å². The van der Waals surface area contributed by atoms with E-state index in [0.29, 0.717) is 56.6 Å². The number of pyridine rings is 1. The number of methoxy groups -OCH3 is 9. The average Bonchev–Trinajstić information content (AvgIpc) is 3.45. The third kappa shape index (κ3) is 14.6. The first-order chi connectivity index (χ1) is 37.2. The van der Waals surface area contributed by atoms with Crippen molar-refractivity contribution in [1.82, 2.24) is 0 Å². The first kappa shape index (κ1) is 56.5. The molecule has 406 valence electrons. The Bertz CT molecular complexity index is 2840. The van der Waals surface area contributed by atoms with Crippen molar-refractivity contribution < 1.29 is 56.7 Å². The molecule has 0 N–H and O–H groups in total. The molecule has 0 radical (unpaired) electrons. The van der Waals surface area contributed by atoms with Crippen LogP contribution in [-0.2, 0) is 45.1 Å². The minimum Gasteiger partial charge on any atom is -0.496 e. The summed E-state index contributed by atoms with van der Waals surface area (Å²) in [6, 6.07) is 24.7. The van der Waals surface area contributed by atoms with E-state index in [1.54, 1.807) is 64.0 Å². The molecule has 12 heteroatoms. The maximum absolute atomic E-state index is 6.78. The average molecular weight is 1040 g/mol. The fraction of sp³-hybridized carbons (Fsp3) is 0.422. The highest BCUT2D eigenvalue weighted by Gasteiger charge is 2.23. The lowest BCUT2D eigenvalue weighted by molar-refractivity contribution is -0.697. The van der Waals surface area contributed by atoms with E-state index in [1.807, 2.05) is 48.5 Å². The molecule has 0 atom stereocenters. The summed E-state index contributed by atoms with van der Waals surface area (Å²) < 4.78 is 69.9. The van der Waals surface area contributed by atoms with Crippen LogP contribution in [0.4, 0.5) is 0 Å². The summed E-state index contributed by atoms with van der Waals surface area (Å²) in [5.41, 5.74) is 9.48. The number of ether oxygens (including phenoxy) is 11. The van der Waals surface area contributed by atoms with Crippen LogP contribution in [0.2, 0.25) is 0 Å². The van der Waals surface area contributed by atoms with Crippen LogP contribution >= 0.6 is 0 Å². The summed E-state index contributed by atoms with van der Waals surface area (Å²) in [6.07, 6.45) is 20.0. The SMILES string of the molecule is C=CCCCCCCCCCOc1cc[n+](CCCOc2cc3c(OC)cc2CCc2cc(OC)c(cc2OC)Cc2cc(OC)c(cc2OC)Cc2cc(OC)c(cc2OC)Cc2cc(OC)c(cc2OC)C3)cc1. The predicted molar refractivity (Wildman–Crippen MR) is 299 cm³/mol. The van der Waals surface area contributed by atoms with Crippen molar-refractivity contribution in [2.45, 2.75) is 103 Å². The number of hydrogen-bond donors (Lipinski definition) is 0. The summed E-state index contributed by atoms with van der Waals surface area (Å²) in [4.78, 5) is 0. The Balaban J connectivity index is 1.20. The van der Waals surface area contributed by atoms with E-state index in [9.17, 15) is 0 Å². The lowest BCUT2D eigenvalue weighted by atomic mass is 9.93. The second-order valence-corrected chi connectivity index (χ2v) is 19.3. The first-order valence-electron chi connectivity index (χ1n) is 26.7. The van der Waals surface area contributed by atoms with Crippen molar-refractivity contribution in [1.29, 1.82) is 0 Å². The Labute approximate surface area is 451 Å². The van der Waals surface area contributed by atoms with Crippen molar-refractivity contribution in [3.05, 3.63) is 153 Å². The number of allylic oxidation sites excluding steroid dienone is 1. The number of nitrogens with zero attached hydrogens (tertiary/aromatic N) is 1. The number of benzene rings is 5. The highest BCUT2D eigenvalue weighted by Crippen LogP contribution is 2.42. The number of rotatable bonds is 25. The van der Waals surface area contributed by atoms with Gasteiger partial charge in [-0.15, -0.1) is 6.58 Å². The Morgan fingerprint density at radius 1 is 0.355 bits per heavy atom. The molecule has 0 saturated heterocycles. The van der Waals surface area contributed by atoms with Gasteiger partial charge in [0.15, 0.2) is 18.9 Å². The molecule has 1 aromatic heterocycles. The number of hydrogen-bond acceptors (Lipinski definition) is 11.